The van der Waals surface area contributed by atoms with Crippen LogP contribution in [0.5, 0.6) is 0 Å². The van der Waals surface area contributed by atoms with Crippen LogP contribution in [0.2, 0.25) is 0 Å². The minimum atomic E-state index is 0.110. The predicted octanol–water partition coefficient (Wildman–Crippen LogP) is 3.85. The van der Waals surface area contributed by atoms with Crippen molar-refractivity contribution < 1.29 is 9.15 Å². The van der Waals surface area contributed by atoms with Crippen LogP contribution in [-0.2, 0) is 4.74 Å². The molecule has 1 aromatic carbocycles. The Bertz CT molecular complexity index is 780. The summed E-state index contributed by atoms with van der Waals surface area (Å²) in [6.07, 6.45) is 2.56. The number of aromatic nitrogens is 2. The van der Waals surface area contributed by atoms with Gasteiger partial charge in [-0.1, -0.05) is 26.0 Å². The summed E-state index contributed by atoms with van der Waals surface area (Å²) in [5, 5.41) is 4.41. The van der Waals surface area contributed by atoms with Crippen LogP contribution in [0.4, 0.5) is 5.82 Å². The van der Waals surface area contributed by atoms with Crippen LogP contribution < -0.4 is 5.32 Å². The fourth-order valence-corrected chi connectivity index (χ4v) is 2.44. The largest absolute Gasteiger partial charge is 0.450 e. The molecule has 0 aliphatic heterocycles. The van der Waals surface area contributed by atoms with Gasteiger partial charge in [-0.2, -0.15) is 0 Å². The van der Waals surface area contributed by atoms with Gasteiger partial charge in [-0.05, 0) is 24.0 Å². The van der Waals surface area contributed by atoms with Gasteiger partial charge in [0.2, 0.25) is 0 Å². The Labute approximate surface area is 129 Å². The van der Waals surface area contributed by atoms with E-state index in [1.54, 1.807) is 13.4 Å². The van der Waals surface area contributed by atoms with Gasteiger partial charge in [0.25, 0.3) is 0 Å². The first-order valence-corrected chi connectivity index (χ1v) is 7.46. The molecule has 0 aliphatic rings. The molecule has 5 heteroatoms. The van der Waals surface area contributed by atoms with Gasteiger partial charge in [0.1, 0.15) is 17.4 Å². The molecule has 0 saturated heterocycles. The quantitative estimate of drug-likeness (QED) is 0.749. The lowest BCUT2D eigenvalue weighted by Crippen LogP contribution is -2.25. The van der Waals surface area contributed by atoms with Gasteiger partial charge in [0.15, 0.2) is 11.4 Å². The van der Waals surface area contributed by atoms with E-state index in [0.29, 0.717) is 5.58 Å². The Hall–Kier alpha value is -2.14. The molecular formula is C17H21N3O2. The number of rotatable bonds is 6. The van der Waals surface area contributed by atoms with E-state index in [9.17, 15) is 0 Å². The molecule has 22 heavy (non-hydrogen) atoms. The van der Waals surface area contributed by atoms with E-state index in [1.165, 1.54) is 0 Å². The van der Waals surface area contributed by atoms with Crippen LogP contribution in [0.3, 0.4) is 0 Å². The number of anilines is 1. The summed E-state index contributed by atoms with van der Waals surface area (Å²) in [6, 6.07) is 7.91. The number of nitrogens with one attached hydrogen (secondary N) is 1. The lowest BCUT2D eigenvalue weighted by Gasteiger charge is -2.24. The van der Waals surface area contributed by atoms with Gasteiger partial charge >= 0.3 is 0 Å². The number of fused-ring (bicyclic) bond motifs is 3. The maximum atomic E-state index is 5.92. The summed E-state index contributed by atoms with van der Waals surface area (Å²) >= 11 is 0. The van der Waals surface area contributed by atoms with Crippen molar-refractivity contribution in [2.45, 2.75) is 20.3 Å². The monoisotopic (exact) mass is 299 g/mol. The third-order valence-electron chi connectivity index (χ3n) is 3.88. The first kappa shape index (κ1) is 14.8. The number of benzene rings is 1. The molecule has 2 heterocycles. The van der Waals surface area contributed by atoms with E-state index in [0.717, 1.165) is 41.9 Å². The Balaban J connectivity index is 1.88. The van der Waals surface area contributed by atoms with Gasteiger partial charge < -0.3 is 14.5 Å². The van der Waals surface area contributed by atoms with E-state index < -0.39 is 0 Å². The third kappa shape index (κ3) is 2.90. The average molecular weight is 299 g/mol. The van der Waals surface area contributed by atoms with Crippen molar-refractivity contribution in [2.75, 3.05) is 25.6 Å². The second-order valence-electron chi connectivity index (χ2n) is 6.26. The predicted molar refractivity (Wildman–Crippen MR) is 88.1 cm³/mol. The third-order valence-corrected chi connectivity index (χ3v) is 3.88. The topological polar surface area (TPSA) is 60.2 Å². The van der Waals surface area contributed by atoms with Crippen LogP contribution >= 0.6 is 0 Å². The van der Waals surface area contributed by atoms with Crippen LogP contribution in [0.1, 0.15) is 20.3 Å². The second kappa shape index (κ2) is 5.93. The van der Waals surface area contributed by atoms with Gasteiger partial charge in [0, 0.05) is 25.6 Å². The summed E-state index contributed by atoms with van der Waals surface area (Å²) in [4.78, 5) is 8.70. The highest BCUT2D eigenvalue weighted by Gasteiger charge is 2.19. The molecule has 0 saturated carbocycles. The molecule has 0 spiro atoms. The number of furan rings is 1. The SMILES string of the molecule is COCCC(C)(C)CNc1ncnc2c1oc1ccccc12. The number of methoxy groups -OCH3 is 1. The zero-order chi connectivity index (χ0) is 15.6. The molecule has 1 N–H and O–H groups in total. The Kier molecular flexibility index (Phi) is 3.98. The summed E-state index contributed by atoms with van der Waals surface area (Å²) < 4.78 is 11.1. The van der Waals surface area contributed by atoms with Crippen molar-refractivity contribution in [3.63, 3.8) is 0 Å². The van der Waals surface area contributed by atoms with Crippen molar-refractivity contribution >= 4 is 27.9 Å². The zero-order valence-electron chi connectivity index (χ0n) is 13.2. The van der Waals surface area contributed by atoms with Crippen LogP contribution in [0.15, 0.2) is 35.0 Å². The van der Waals surface area contributed by atoms with E-state index >= 15 is 0 Å². The Morgan fingerprint density at radius 3 is 2.86 bits per heavy atom. The number of nitrogens with zero attached hydrogens (tertiary/aromatic N) is 2. The standard InChI is InChI=1S/C17H21N3O2/c1-17(2,8-9-21-3)10-18-16-15-14(19-11-20-16)12-6-4-5-7-13(12)22-15/h4-7,11H,8-10H2,1-3H3,(H,18,19,20). The smallest absolute Gasteiger partial charge is 0.196 e. The van der Waals surface area contributed by atoms with Crippen molar-refractivity contribution in [1.82, 2.24) is 9.97 Å². The Morgan fingerprint density at radius 2 is 2.05 bits per heavy atom. The first-order valence-electron chi connectivity index (χ1n) is 7.46. The molecule has 0 fully saturated rings. The number of para-hydroxylation sites is 1. The lowest BCUT2D eigenvalue weighted by atomic mass is 9.90. The molecule has 5 nitrogen and oxygen atoms in total. The maximum Gasteiger partial charge on any atom is 0.196 e. The van der Waals surface area contributed by atoms with E-state index in [-0.39, 0.29) is 5.41 Å². The zero-order valence-corrected chi connectivity index (χ0v) is 13.2. The van der Waals surface area contributed by atoms with Gasteiger partial charge in [-0.3, -0.25) is 0 Å². The van der Waals surface area contributed by atoms with Gasteiger partial charge in [-0.15, -0.1) is 0 Å². The Morgan fingerprint density at radius 1 is 1.23 bits per heavy atom. The molecule has 0 amide bonds. The molecule has 0 unspecified atom stereocenters. The number of hydrogen-bond donors (Lipinski definition) is 1. The normalized spacial score (nSPS) is 12.1. The summed E-state index contributed by atoms with van der Waals surface area (Å²) in [6.45, 7) is 5.95. The van der Waals surface area contributed by atoms with Crippen molar-refractivity contribution in [2.24, 2.45) is 5.41 Å². The van der Waals surface area contributed by atoms with Crippen LogP contribution in [-0.4, -0.2) is 30.2 Å². The minimum absolute atomic E-state index is 0.110. The fourth-order valence-electron chi connectivity index (χ4n) is 2.44. The molecule has 0 radical (unpaired) electrons. The lowest BCUT2D eigenvalue weighted by molar-refractivity contribution is 0.157. The highest BCUT2D eigenvalue weighted by molar-refractivity contribution is 6.05. The molecule has 0 atom stereocenters. The molecule has 0 aliphatic carbocycles. The van der Waals surface area contributed by atoms with Crippen LogP contribution in [0, 0.1) is 5.41 Å². The first-order chi connectivity index (χ1) is 10.6. The minimum Gasteiger partial charge on any atom is -0.450 e. The average Bonchev–Trinajstić information content (AvgIpc) is 2.90. The van der Waals surface area contributed by atoms with E-state index in [1.807, 2.05) is 24.3 Å². The highest BCUT2D eigenvalue weighted by Crippen LogP contribution is 2.31. The van der Waals surface area contributed by atoms with Crippen molar-refractivity contribution in [1.29, 1.82) is 0 Å². The molecular weight excluding hydrogens is 278 g/mol. The second-order valence-corrected chi connectivity index (χ2v) is 6.26. The number of hydrogen-bond acceptors (Lipinski definition) is 5. The summed E-state index contributed by atoms with van der Waals surface area (Å²) in [5.74, 6) is 0.742. The molecule has 116 valence electrons. The fraction of sp³-hybridized carbons (Fsp3) is 0.412. The van der Waals surface area contributed by atoms with Crippen LogP contribution in [0.25, 0.3) is 22.1 Å². The number of ether oxygens (including phenoxy) is 1. The summed E-state index contributed by atoms with van der Waals surface area (Å²) in [5.41, 5.74) is 2.51. The van der Waals surface area contributed by atoms with Gasteiger partial charge in [-0.25, -0.2) is 9.97 Å². The molecule has 3 aromatic rings. The van der Waals surface area contributed by atoms with Gasteiger partial charge in [0.05, 0.1) is 0 Å². The molecule has 3 rings (SSSR count). The van der Waals surface area contributed by atoms with Crippen molar-refractivity contribution in [3.05, 3.63) is 30.6 Å². The van der Waals surface area contributed by atoms with Crippen molar-refractivity contribution in [3.8, 4) is 0 Å². The maximum absolute atomic E-state index is 5.92. The highest BCUT2D eigenvalue weighted by atomic mass is 16.5. The van der Waals surface area contributed by atoms with E-state index in [2.05, 4.69) is 29.1 Å². The summed E-state index contributed by atoms with van der Waals surface area (Å²) in [7, 11) is 1.73. The molecule has 0 bridgehead atoms. The van der Waals surface area contributed by atoms with E-state index in [4.69, 9.17) is 9.15 Å². The molecule has 2 aromatic heterocycles.